The maximum Gasteiger partial charge on any atom is 0.239 e. The summed E-state index contributed by atoms with van der Waals surface area (Å²) >= 11 is 0. The van der Waals surface area contributed by atoms with Crippen molar-refractivity contribution in [2.75, 3.05) is 20.3 Å². The molecule has 0 saturated carbocycles. The van der Waals surface area contributed by atoms with Crippen LogP contribution in [0.4, 0.5) is 0 Å². The molecule has 5 nitrogen and oxygen atoms in total. The standard InChI is InChI=1S/C13H21N3O2/c1-18-6-5-15-13(17)9-16-7-10-3-2-4-12(14)11(10)8-16/h7-8,12H,2-6,9,14H2,1H3,(H,15,17). The summed E-state index contributed by atoms with van der Waals surface area (Å²) in [4.78, 5) is 11.7. The van der Waals surface area contributed by atoms with E-state index in [1.807, 2.05) is 17.0 Å². The molecule has 1 amide bonds. The van der Waals surface area contributed by atoms with Crippen LogP contribution in [0.1, 0.15) is 30.0 Å². The highest BCUT2D eigenvalue weighted by molar-refractivity contribution is 5.75. The number of nitrogens with two attached hydrogens (primary N) is 1. The quantitative estimate of drug-likeness (QED) is 0.752. The van der Waals surface area contributed by atoms with Gasteiger partial charge in [0.05, 0.1) is 6.61 Å². The Hall–Kier alpha value is -1.33. The largest absolute Gasteiger partial charge is 0.383 e. The van der Waals surface area contributed by atoms with E-state index in [4.69, 9.17) is 10.5 Å². The summed E-state index contributed by atoms with van der Waals surface area (Å²) in [5.41, 5.74) is 8.55. The van der Waals surface area contributed by atoms with Gasteiger partial charge in [0, 0.05) is 32.1 Å². The van der Waals surface area contributed by atoms with Crippen LogP contribution in [0.5, 0.6) is 0 Å². The lowest BCUT2D eigenvalue weighted by molar-refractivity contribution is -0.121. The average molecular weight is 251 g/mol. The molecule has 0 radical (unpaired) electrons. The predicted molar refractivity (Wildman–Crippen MR) is 69.2 cm³/mol. The SMILES string of the molecule is COCCNC(=O)Cn1cc2c(c1)C(N)CCC2. The third-order valence-corrected chi connectivity index (χ3v) is 3.31. The molecule has 100 valence electrons. The van der Waals surface area contributed by atoms with E-state index in [1.54, 1.807) is 7.11 Å². The molecule has 0 aromatic carbocycles. The van der Waals surface area contributed by atoms with Gasteiger partial charge < -0.3 is 20.4 Å². The summed E-state index contributed by atoms with van der Waals surface area (Å²) in [6.45, 7) is 1.44. The van der Waals surface area contributed by atoms with Crippen molar-refractivity contribution in [1.29, 1.82) is 0 Å². The van der Waals surface area contributed by atoms with Crippen molar-refractivity contribution in [2.45, 2.75) is 31.8 Å². The minimum Gasteiger partial charge on any atom is -0.383 e. The third-order valence-electron chi connectivity index (χ3n) is 3.31. The van der Waals surface area contributed by atoms with Crippen LogP contribution in [0.3, 0.4) is 0 Å². The van der Waals surface area contributed by atoms with Gasteiger partial charge in [0.15, 0.2) is 0 Å². The Morgan fingerprint density at radius 3 is 3.17 bits per heavy atom. The van der Waals surface area contributed by atoms with Gasteiger partial charge in [0.2, 0.25) is 5.91 Å². The highest BCUT2D eigenvalue weighted by atomic mass is 16.5. The number of carbonyl (C=O) groups is 1. The number of methoxy groups -OCH3 is 1. The fourth-order valence-corrected chi connectivity index (χ4v) is 2.39. The Bertz CT molecular complexity index is 414. The van der Waals surface area contributed by atoms with Crippen LogP contribution in [0.15, 0.2) is 12.4 Å². The number of rotatable bonds is 5. The molecule has 1 aromatic heterocycles. The second kappa shape index (κ2) is 6.02. The average Bonchev–Trinajstić information content (AvgIpc) is 2.73. The molecular formula is C13H21N3O2. The number of aryl methyl sites for hydroxylation is 1. The van der Waals surface area contributed by atoms with Gasteiger partial charge in [0.25, 0.3) is 0 Å². The van der Waals surface area contributed by atoms with Crippen molar-refractivity contribution in [3.05, 3.63) is 23.5 Å². The van der Waals surface area contributed by atoms with Gasteiger partial charge in [-0.2, -0.15) is 0 Å². The molecule has 1 aliphatic rings. The van der Waals surface area contributed by atoms with Crippen LogP contribution < -0.4 is 11.1 Å². The number of carbonyl (C=O) groups excluding carboxylic acids is 1. The van der Waals surface area contributed by atoms with Gasteiger partial charge in [-0.05, 0) is 30.4 Å². The van der Waals surface area contributed by atoms with Crippen molar-refractivity contribution in [1.82, 2.24) is 9.88 Å². The second-order valence-corrected chi connectivity index (χ2v) is 4.75. The van der Waals surface area contributed by atoms with Crippen molar-refractivity contribution in [3.8, 4) is 0 Å². The predicted octanol–water partition coefficient (Wildman–Crippen LogP) is 0.587. The molecule has 1 aliphatic carbocycles. The van der Waals surface area contributed by atoms with Crippen molar-refractivity contribution in [2.24, 2.45) is 5.73 Å². The molecule has 18 heavy (non-hydrogen) atoms. The molecule has 0 saturated heterocycles. The molecule has 2 rings (SSSR count). The number of amides is 1. The Kier molecular flexibility index (Phi) is 4.38. The third kappa shape index (κ3) is 3.11. The van der Waals surface area contributed by atoms with Crippen LogP contribution in [-0.4, -0.2) is 30.7 Å². The number of hydrogen-bond donors (Lipinski definition) is 2. The first-order valence-corrected chi connectivity index (χ1v) is 6.40. The number of nitrogens with one attached hydrogen (secondary N) is 1. The van der Waals surface area contributed by atoms with E-state index in [0.29, 0.717) is 19.7 Å². The van der Waals surface area contributed by atoms with Gasteiger partial charge >= 0.3 is 0 Å². The lowest BCUT2D eigenvalue weighted by atomic mass is 9.92. The van der Waals surface area contributed by atoms with Crippen molar-refractivity contribution in [3.63, 3.8) is 0 Å². The Morgan fingerprint density at radius 2 is 2.44 bits per heavy atom. The molecule has 0 fully saturated rings. The zero-order valence-electron chi connectivity index (χ0n) is 10.8. The van der Waals surface area contributed by atoms with Gasteiger partial charge in [-0.25, -0.2) is 0 Å². The maximum atomic E-state index is 11.7. The van der Waals surface area contributed by atoms with Crippen LogP contribution in [-0.2, 0) is 22.5 Å². The first-order valence-electron chi connectivity index (χ1n) is 6.40. The smallest absolute Gasteiger partial charge is 0.239 e. The second-order valence-electron chi connectivity index (χ2n) is 4.75. The highest BCUT2D eigenvalue weighted by Gasteiger charge is 2.19. The van der Waals surface area contributed by atoms with Gasteiger partial charge in [-0.3, -0.25) is 4.79 Å². The van der Waals surface area contributed by atoms with E-state index in [9.17, 15) is 4.79 Å². The molecule has 0 bridgehead atoms. The summed E-state index contributed by atoms with van der Waals surface area (Å²) in [7, 11) is 1.62. The number of hydrogen-bond acceptors (Lipinski definition) is 3. The summed E-state index contributed by atoms with van der Waals surface area (Å²) in [5, 5.41) is 2.81. The van der Waals surface area contributed by atoms with E-state index in [0.717, 1.165) is 19.3 Å². The number of fused-ring (bicyclic) bond motifs is 1. The Labute approximate surface area is 107 Å². The molecule has 1 unspecified atom stereocenters. The molecule has 0 aliphatic heterocycles. The van der Waals surface area contributed by atoms with Crippen LogP contribution in [0, 0.1) is 0 Å². The first kappa shape index (κ1) is 13.1. The first-order chi connectivity index (χ1) is 8.70. The summed E-state index contributed by atoms with van der Waals surface area (Å²) in [6.07, 6.45) is 7.30. The Balaban J connectivity index is 1.92. The van der Waals surface area contributed by atoms with Crippen molar-refractivity contribution < 1.29 is 9.53 Å². The monoisotopic (exact) mass is 251 g/mol. The van der Waals surface area contributed by atoms with Crippen LogP contribution in [0.2, 0.25) is 0 Å². The van der Waals surface area contributed by atoms with E-state index in [-0.39, 0.29) is 11.9 Å². The van der Waals surface area contributed by atoms with E-state index in [2.05, 4.69) is 5.32 Å². The number of nitrogens with zero attached hydrogens (tertiary/aromatic N) is 1. The van der Waals surface area contributed by atoms with Crippen LogP contribution in [0.25, 0.3) is 0 Å². The molecule has 1 heterocycles. The van der Waals surface area contributed by atoms with Gasteiger partial charge in [-0.15, -0.1) is 0 Å². The summed E-state index contributed by atoms with van der Waals surface area (Å²) < 4.78 is 6.81. The minimum absolute atomic E-state index is 0.00738. The zero-order chi connectivity index (χ0) is 13.0. The number of ether oxygens (including phenoxy) is 1. The summed E-state index contributed by atoms with van der Waals surface area (Å²) in [6, 6.07) is 0.131. The Morgan fingerprint density at radius 1 is 1.61 bits per heavy atom. The zero-order valence-corrected chi connectivity index (χ0v) is 10.8. The molecule has 0 spiro atoms. The van der Waals surface area contributed by atoms with Gasteiger partial charge in [0.1, 0.15) is 6.54 Å². The number of aromatic nitrogens is 1. The molecule has 3 N–H and O–H groups in total. The van der Waals surface area contributed by atoms with E-state index >= 15 is 0 Å². The molecule has 1 atom stereocenters. The van der Waals surface area contributed by atoms with Gasteiger partial charge in [-0.1, -0.05) is 0 Å². The van der Waals surface area contributed by atoms with Crippen LogP contribution >= 0.6 is 0 Å². The normalized spacial score (nSPS) is 18.4. The maximum absolute atomic E-state index is 11.7. The highest BCUT2D eigenvalue weighted by Crippen LogP contribution is 2.28. The fraction of sp³-hybridized carbons (Fsp3) is 0.615. The van der Waals surface area contributed by atoms with E-state index in [1.165, 1.54) is 11.1 Å². The molecule has 5 heteroatoms. The lowest BCUT2D eigenvalue weighted by Gasteiger charge is -2.17. The topological polar surface area (TPSA) is 69.3 Å². The van der Waals surface area contributed by atoms with E-state index < -0.39 is 0 Å². The lowest BCUT2D eigenvalue weighted by Crippen LogP contribution is -2.30. The summed E-state index contributed by atoms with van der Waals surface area (Å²) in [5.74, 6) is 0.00738. The van der Waals surface area contributed by atoms with Crippen molar-refractivity contribution >= 4 is 5.91 Å². The molecular weight excluding hydrogens is 230 g/mol. The molecule has 1 aromatic rings. The minimum atomic E-state index is 0.00738. The fourth-order valence-electron chi connectivity index (χ4n) is 2.39.